The first kappa shape index (κ1) is 13.0. The molecular weight excluding hydrogens is 204 g/mol. The van der Waals surface area contributed by atoms with Gasteiger partial charge in [-0.25, -0.2) is 0 Å². The zero-order valence-electron chi connectivity index (χ0n) is 10.3. The minimum atomic E-state index is -0.750. The third kappa shape index (κ3) is 2.53. The van der Waals surface area contributed by atoms with Crippen LogP contribution in [0, 0.1) is 22.7 Å². The molecule has 1 aliphatic carbocycles. The molecule has 4 nitrogen and oxygen atoms in total. The van der Waals surface area contributed by atoms with E-state index in [1.54, 1.807) is 11.9 Å². The highest BCUT2D eigenvalue weighted by molar-refractivity contribution is 5.86. The van der Waals surface area contributed by atoms with Gasteiger partial charge in [0.1, 0.15) is 5.41 Å². The summed E-state index contributed by atoms with van der Waals surface area (Å²) >= 11 is 0. The van der Waals surface area contributed by atoms with Crippen molar-refractivity contribution >= 4 is 5.91 Å². The average Bonchev–Trinajstić information content (AvgIpc) is 2.23. The Morgan fingerprint density at radius 3 is 2.69 bits per heavy atom. The topological polar surface area (TPSA) is 53.3 Å². The zero-order valence-corrected chi connectivity index (χ0v) is 10.3. The number of nitrogens with zero attached hydrogens (tertiary/aromatic N) is 2. The third-order valence-corrected chi connectivity index (χ3v) is 3.14. The Bertz CT molecular complexity index is 290. The van der Waals surface area contributed by atoms with E-state index in [4.69, 9.17) is 10.00 Å². The summed E-state index contributed by atoms with van der Waals surface area (Å²) in [6, 6.07) is 2.18. The Kier molecular flexibility index (Phi) is 4.31. The van der Waals surface area contributed by atoms with Gasteiger partial charge < -0.3 is 9.64 Å². The van der Waals surface area contributed by atoms with E-state index in [1.165, 1.54) is 0 Å². The summed E-state index contributed by atoms with van der Waals surface area (Å²) in [6.07, 6.45) is 1.39. The molecule has 0 unspecified atom stereocenters. The van der Waals surface area contributed by atoms with Crippen LogP contribution in [0.25, 0.3) is 0 Å². The van der Waals surface area contributed by atoms with Gasteiger partial charge in [0, 0.05) is 20.2 Å². The summed E-state index contributed by atoms with van der Waals surface area (Å²) in [4.78, 5) is 13.7. The van der Waals surface area contributed by atoms with E-state index >= 15 is 0 Å². The molecule has 1 rings (SSSR count). The second-order valence-electron chi connectivity index (χ2n) is 4.63. The first-order valence-electron chi connectivity index (χ1n) is 5.80. The molecule has 0 aromatic heterocycles. The van der Waals surface area contributed by atoms with Gasteiger partial charge in [0.05, 0.1) is 12.7 Å². The number of hydrogen-bond acceptors (Lipinski definition) is 3. The Balaban J connectivity index is 2.47. The van der Waals surface area contributed by atoms with Crippen molar-refractivity contribution in [2.24, 2.45) is 11.3 Å². The highest BCUT2D eigenvalue weighted by Crippen LogP contribution is 2.45. The largest absolute Gasteiger partial charge is 0.380 e. The first-order valence-corrected chi connectivity index (χ1v) is 5.80. The molecule has 0 aliphatic heterocycles. The van der Waals surface area contributed by atoms with Crippen molar-refractivity contribution < 1.29 is 9.53 Å². The number of hydrogen-bond donors (Lipinski definition) is 0. The summed E-state index contributed by atoms with van der Waals surface area (Å²) < 4.78 is 5.20. The van der Waals surface area contributed by atoms with E-state index in [0.29, 0.717) is 38.5 Å². The van der Waals surface area contributed by atoms with Crippen molar-refractivity contribution in [1.82, 2.24) is 4.90 Å². The van der Waals surface area contributed by atoms with Crippen LogP contribution in [0.3, 0.4) is 0 Å². The Morgan fingerprint density at radius 1 is 1.62 bits per heavy atom. The van der Waals surface area contributed by atoms with Crippen molar-refractivity contribution in [2.45, 2.75) is 26.7 Å². The van der Waals surface area contributed by atoms with Gasteiger partial charge in [-0.15, -0.1) is 0 Å². The molecule has 1 aliphatic rings. The fourth-order valence-electron chi connectivity index (χ4n) is 2.26. The van der Waals surface area contributed by atoms with Crippen LogP contribution in [0.2, 0.25) is 0 Å². The van der Waals surface area contributed by atoms with Gasteiger partial charge in [-0.3, -0.25) is 4.79 Å². The van der Waals surface area contributed by atoms with Crippen molar-refractivity contribution in [2.75, 3.05) is 26.8 Å². The zero-order chi connectivity index (χ0) is 12.2. The fourth-order valence-corrected chi connectivity index (χ4v) is 2.26. The molecule has 0 N–H and O–H groups in total. The van der Waals surface area contributed by atoms with Gasteiger partial charge >= 0.3 is 0 Å². The molecule has 0 bridgehead atoms. The van der Waals surface area contributed by atoms with Crippen LogP contribution in [0.15, 0.2) is 0 Å². The van der Waals surface area contributed by atoms with Crippen LogP contribution in [-0.2, 0) is 9.53 Å². The van der Waals surface area contributed by atoms with E-state index in [9.17, 15) is 4.79 Å². The Hall–Kier alpha value is -1.08. The van der Waals surface area contributed by atoms with Crippen LogP contribution >= 0.6 is 0 Å². The van der Waals surface area contributed by atoms with Gasteiger partial charge in [-0.1, -0.05) is 6.92 Å². The maximum Gasteiger partial charge on any atom is 0.242 e. The minimum Gasteiger partial charge on any atom is -0.380 e. The molecule has 16 heavy (non-hydrogen) atoms. The number of likely N-dealkylation sites (N-methyl/N-ethyl adjacent to an activating group) is 1. The first-order chi connectivity index (χ1) is 7.55. The van der Waals surface area contributed by atoms with E-state index in [0.717, 1.165) is 0 Å². The van der Waals surface area contributed by atoms with Crippen molar-refractivity contribution in [1.29, 1.82) is 5.26 Å². The molecule has 90 valence electrons. The summed E-state index contributed by atoms with van der Waals surface area (Å²) in [6.45, 7) is 5.75. The standard InChI is InChI=1S/C12H20N2O2/c1-4-16-6-5-14(3)11(15)12(9-13)7-10(2)8-12/h10H,4-8H2,1-3H3. The molecular formula is C12H20N2O2. The fraction of sp³-hybridized carbons (Fsp3) is 0.833. The molecule has 0 spiro atoms. The maximum atomic E-state index is 12.1. The minimum absolute atomic E-state index is 0.0483. The molecule has 0 aromatic carbocycles. The number of rotatable bonds is 5. The van der Waals surface area contributed by atoms with Gasteiger partial charge in [-0.05, 0) is 25.7 Å². The van der Waals surface area contributed by atoms with Crippen LogP contribution in [0.5, 0.6) is 0 Å². The van der Waals surface area contributed by atoms with E-state index < -0.39 is 5.41 Å². The average molecular weight is 224 g/mol. The van der Waals surface area contributed by atoms with Gasteiger partial charge in [-0.2, -0.15) is 5.26 Å². The summed E-state index contributed by atoms with van der Waals surface area (Å²) in [7, 11) is 1.74. The maximum absolute atomic E-state index is 12.1. The van der Waals surface area contributed by atoms with Crippen LogP contribution < -0.4 is 0 Å². The number of amides is 1. The Morgan fingerprint density at radius 2 is 2.25 bits per heavy atom. The van der Waals surface area contributed by atoms with Gasteiger partial charge in [0.2, 0.25) is 5.91 Å². The quantitative estimate of drug-likeness (QED) is 0.664. The Labute approximate surface area is 97.2 Å². The number of carbonyl (C=O) groups is 1. The van der Waals surface area contributed by atoms with E-state index in [2.05, 4.69) is 13.0 Å². The van der Waals surface area contributed by atoms with Gasteiger partial charge in [0.25, 0.3) is 0 Å². The molecule has 4 heteroatoms. The molecule has 0 aromatic rings. The molecule has 0 atom stereocenters. The molecule has 1 fully saturated rings. The van der Waals surface area contributed by atoms with Crippen molar-refractivity contribution in [3.05, 3.63) is 0 Å². The monoisotopic (exact) mass is 224 g/mol. The lowest BCUT2D eigenvalue weighted by atomic mass is 9.63. The second kappa shape index (κ2) is 5.31. The van der Waals surface area contributed by atoms with Crippen LogP contribution in [0.4, 0.5) is 0 Å². The van der Waals surface area contributed by atoms with Crippen LogP contribution in [0.1, 0.15) is 26.7 Å². The highest BCUT2D eigenvalue weighted by Gasteiger charge is 2.50. The van der Waals surface area contributed by atoms with Gasteiger partial charge in [0.15, 0.2) is 0 Å². The lowest BCUT2D eigenvalue weighted by Crippen LogP contribution is -2.49. The lowest BCUT2D eigenvalue weighted by Gasteiger charge is -2.41. The van der Waals surface area contributed by atoms with Crippen molar-refractivity contribution in [3.8, 4) is 6.07 Å². The number of nitriles is 1. The predicted octanol–water partition coefficient (Wildman–Crippen LogP) is 1.42. The molecule has 0 heterocycles. The number of carbonyl (C=O) groups excluding carboxylic acids is 1. The molecule has 0 saturated heterocycles. The summed E-state index contributed by atoms with van der Waals surface area (Å²) in [5.41, 5.74) is -0.750. The normalized spacial score (nSPS) is 28.0. The second-order valence-corrected chi connectivity index (χ2v) is 4.63. The van der Waals surface area contributed by atoms with Crippen molar-refractivity contribution in [3.63, 3.8) is 0 Å². The lowest BCUT2D eigenvalue weighted by molar-refractivity contribution is -0.144. The highest BCUT2D eigenvalue weighted by atomic mass is 16.5. The molecule has 1 amide bonds. The number of ether oxygens (including phenoxy) is 1. The van der Waals surface area contributed by atoms with Crippen LogP contribution in [-0.4, -0.2) is 37.6 Å². The molecule has 1 saturated carbocycles. The third-order valence-electron chi connectivity index (χ3n) is 3.14. The van der Waals surface area contributed by atoms with E-state index in [1.807, 2.05) is 6.92 Å². The SMILES string of the molecule is CCOCCN(C)C(=O)C1(C#N)CC(C)C1. The smallest absolute Gasteiger partial charge is 0.242 e. The van der Waals surface area contributed by atoms with E-state index in [-0.39, 0.29) is 5.91 Å². The predicted molar refractivity (Wildman–Crippen MR) is 60.6 cm³/mol. The summed E-state index contributed by atoms with van der Waals surface area (Å²) in [5, 5.41) is 9.12. The summed E-state index contributed by atoms with van der Waals surface area (Å²) in [5.74, 6) is 0.441. The molecule has 0 radical (unpaired) electrons.